The van der Waals surface area contributed by atoms with Gasteiger partial charge >= 0.3 is 6.55 Å². The standard InChI is InChI=1S/C21H20F2N6O/c1-12-5-16(14-8-25-29(10-14)20(22)23)27-19(6-12)28-11-21(3-4-21)15-9-24-18(7-17(15)28)26-13(2)30/h5-10,20H,3-4,11H2,1-2H3,(H,24,26,30). The summed E-state index contributed by atoms with van der Waals surface area (Å²) in [4.78, 5) is 22.7. The normalized spacial score (nSPS) is 16.2. The van der Waals surface area contributed by atoms with Crippen LogP contribution in [0.1, 0.15) is 37.4 Å². The molecular formula is C21H20F2N6O. The molecule has 3 aromatic rings. The Kier molecular flexibility index (Phi) is 4.09. The first-order valence-electron chi connectivity index (χ1n) is 9.72. The highest BCUT2D eigenvalue weighted by atomic mass is 19.3. The molecule has 0 bridgehead atoms. The van der Waals surface area contributed by atoms with Crippen molar-refractivity contribution in [3.05, 3.63) is 47.9 Å². The zero-order valence-corrected chi connectivity index (χ0v) is 16.6. The number of rotatable bonds is 4. The van der Waals surface area contributed by atoms with E-state index in [0.717, 1.165) is 42.0 Å². The molecule has 0 radical (unpaired) electrons. The number of halogens is 2. The Morgan fingerprint density at radius 1 is 1.23 bits per heavy atom. The highest BCUT2D eigenvalue weighted by molar-refractivity contribution is 5.89. The predicted octanol–water partition coefficient (Wildman–Crippen LogP) is 4.19. The molecule has 4 heterocycles. The van der Waals surface area contributed by atoms with Crippen LogP contribution in [0, 0.1) is 6.92 Å². The van der Waals surface area contributed by atoms with E-state index in [0.29, 0.717) is 21.8 Å². The Labute approximate surface area is 171 Å². The molecule has 5 rings (SSSR count). The Morgan fingerprint density at radius 3 is 2.70 bits per heavy atom. The number of nitrogens with zero attached hydrogens (tertiary/aromatic N) is 5. The molecule has 9 heteroatoms. The topological polar surface area (TPSA) is 75.9 Å². The largest absolute Gasteiger partial charge is 0.333 e. The average Bonchev–Trinajstić information content (AvgIpc) is 3.16. The molecule has 0 saturated heterocycles. The van der Waals surface area contributed by atoms with Crippen molar-refractivity contribution >= 4 is 23.2 Å². The summed E-state index contributed by atoms with van der Waals surface area (Å²) >= 11 is 0. The number of hydrogen-bond acceptors (Lipinski definition) is 5. The van der Waals surface area contributed by atoms with Crippen LogP contribution in [-0.4, -0.2) is 32.2 Å². The second-order valence-corrected chi connectivity index (χ2v) is 8.01. The molecule has 1 saturated carbocycles. The van der Waals surface area contributed by atoms with E-state index in [1.54, 1.807) is 0 Å². The number of anilines is 3. The van der Waals surface area contributed by atoms with Crippen LogP contribution in [0.4, 0.5) is 26.1 Å². The lowest BCUT2D eigenvalue weighted by Gasteiger charge is -2.20. The van der Waals surface area contributed by atoms with Gasteiger partial charge < -0.3 is 10.2 Å². The summed E-state index contributed by atoms with van der Waals surface area (Å²) in [6, 6.07) is 5.71. The van der Waals surface area contributed by atoms with Crippen molar-refractivity contribution in [1.29, 1.82) is 0 Å². The molecular weight excluding hydrogens is 390 g/mol. The molecule has 1 fully saturated rings. The van der Waals surface area contributed by atoms with E-state index in [1.807, 2.05) is 31.3 Å². The molecule has 0 atom stereocenters. The highest BCUT2D eigenvalue weighted by Crippen LogP contribution is 2.58. The third kappa shape index (κ3) is 3.10. The summed E-state index contributed by atoms with van der Waals surface area (Å²) in [6.45, 7) is 1.48. The van der Waals surface area contributed by atoms with Gasteiger partial charge in [-0.2, -0.15) is 13.9 Å². The summed E-state index contributed by atoms with van der Waals surface area (Å²) in [5, 5.41) is 6.46. The van der Waals surface area contributed by atoms with Crippen LogP contribution in [0.25, 0.3) is 11.3 Å². The van der Waals surface area contributed by atoms with Crippen LogP contribution in [0.5, 0.6) is 0 Å². The number of hydrogen-bond donors (Lipinski definition) is 1. The van der Waals surface area contributed by atoms with E-state index < -0.39 is 6.55 Å². The Balaban J connectivity index is 1.56. The van der Waals surface area contributed by atoms with Crippen molar-refractivity contribution in [2.75, 3.05) is 16.8 Å². The van der Waals surface area contributed by atoms with E-state index in [-0.39, 0.29) is 11.3 Å². The number of amides is 1. The van der Waals surface area contributed by atoms with Gasteiger partial charge in [0.25, 0.3) is 0 Å². The van der Waals surface area contributed by atoms with Crippen molar-refractivity contribution < 1.29 is 13.6 Å². The number of fused-ring (bicyclic) bond motifs is 2. The highest BCUT2D eigenvalue weighted by Gasteiger charge is 2.52. The minimum atomic E-state index is -2.69. The molecule has 7 nitrogen and oxygen atoms in total. The predicted molar refractivity (Wildman–Crippen MR) is 108 cm³/mol. The maximum Gasteiger partial charge on any atom is 0.333 e. The minimum absolute atomic E-state index is 0.0727. The number of carbonyl (C=O) groups is 1. The quantitative estimate of drug-likeness (QED) is 0.698. The van der Waals surface area contributed by atoms with Gasteiger partial charge in [-0.15, -0.1) is 0 Å². The lowest BCUT2D eigenvalue weighted by molar-refractivity contribution is -0.114. The van der Waals surface area contributed by atoms with Crippen molar-refractivity contribution in [1.82, 2.24) is 19.7 Å². The number of aromatic nitrogens is 4. The summed E-state index contributed by atoms with van der Waals surface area (Å²) in [6.07, 6.45) is 6.71. The van der Waals surface area contributed by atoms with Gasteiger partial charge in [-0.1, -0.05) is 0 Å². The first-order chi connectivity index (χ1) is 14.3. The van der Waals surface area contributed by atoms with E-state index in [1.165, 1.54) is 19.3 Å². The fourth-order valence-electron chi connectivity index (χ4n) is 4.09. The molecule has 0 aromatic carbocycles. The first-order valence-corrected chi connectivity index (χ1v) is 9.72. The first kappa shape index (κ1) is 18.7. The van der Waals surface area contributed by atoms with Gasteiger partial charge in [0.15, 0.2) is 0 Å². The fraction of sp³-hybridized carbons (Fsp3) is 0.333. The van der Waals surface area contributed by atoms with Gasteiger partial charge in [-0.25, -0.2) is 14.6 Å². The third-order valence-corrected chi connectivity index (χ3v) is 5.69. The van der Waals surface area contributed by atoms with E-state index >= 15 is 0 Å². The van der Waals surface area contributed by atoms with Gasteiger partial charge in [0.1, 0.15) is 11.6 Å². The fourth-order valence-corrected chi connectivity index (χ4v) is 4.09. The van der Waals surface area contributed by atoms with Gasteiger partial charge in [0, 0.05) is 48.5 Å². The maximum atomic E-state index is 12.9. The van der Waals surface area contributed by atoms with Crippen molar-refractivity contribution in [3.63, 3.8) is 0 Å². The monoisotopic (exact) mass is 410 g/mol. The van der Waals surface area contributed by atoms with Crippen LogP contribution in [0.2, 0.25) is 0 Å². The second-order valence-electron chi connectivity index (χ2n) is 8.01. The van der Waals surface area contributed by atoms with Gasteiger partial charge in [-0.3, -0.25) is 4.79 Å². The van der Waals surface area contributed by atoms with Gasteiger partial charge in [0.2, 0.25) is 5.91 Å². The zero-order chi connectivity index (χ0) is 21.0. The third-order valence-electron chi connectivity index (χ3n) is 5.69. The van der Waals surface area contributed by atoms with Crippen LogP contribution in [0.15, 0.2) is 36.8 Å². The molecule has 3 aromatic heterocycles. The number of nitrogens with one attached hydrogen (secondary N) is 1. The molecule has 1 amide bonds. The molecule has 1 aliphatic heterocycles. The van der Waals surface area contributed by atoms with Crippen LogP contribution >= 0.6 is 0 Å². The van der Waals surface area contributed by atoms with E-state index in [2.05, 4.69) is 20.3 Å². The lowest BCUT2D eigenvalue weighted by Crippen LogP contribution is -2.20. The van der Waals surface area contributed by atoms with E-state index in [9.17, 15) is 13.6 Å². The molecule has 1 spiro atoms. The SMILES string of the molecule is CC(=O)Nc1cc2c(cn1)C1(CC1)CN2c1cc(C)cc(-c2cnn(C(F)F)c2)n1. The number of aryl methyl sites for hydroxylation is 1. The Morgan fingerprint density at radius 2 is 2.03 bits per heavy atom. The second kappa shape index (κ2) is 6.58. The minimum Gasteiger partial charge on any atom is -0.325 e. The molecule has 1 aliphatic carbocycles. The smallest absolute Gasteiger partial charge is 0.325 e. The molecule has 1 N–H and O–H groups in total. The maximum absolute atomic E-state index is 12.9. The summed E-state index contributed by atoms with van der Waals surface area (Å²) in [7, 11) is 0. The van der Waals surface area contributed by atoms with E-state index in [4.69, 9.17) is 4.98 Å². The molecule has 0 unspecified atom stereocenters. The van der Waals surface area contributed by atoms with Crippen molar-refractivity contribution in [3.8, 4) is 11.3 Å². The summed E-state index contributed by atoms with van der Waals surface area (Å²) in [5.74, 6) is 1.05. The van der Waals surface area contributed by atoms with Crippen molar-refractivity contribution in [2.24, 2.45) is 0 Å². The number of alkyl halides is 2. The number of pyridine rings is 2. The van der Waals surface area contributed by atoms with Gasteiger partial charge in [-0.05, 0) is 37.5 Å². The summed E-state index contributed by atoms with van der Waals surface area (Å²) < 4.78 is 26.5. The molecule has 30 heavy (non-hydrogen) atoms. The van der Waals surface area contributed by atoms with Crippen LogP contribution < -0.4 is 10.2 Å². The summed E-state index contributed by atoms with van der Waals surface area (Å²) in [5.41, 5.74) is 4.30. The number of carbonyl (C=O) groups excluding carboxylic acids is 1. The molecule has 2 aliphatic rings. The van der Waals surface area contributed by atoms with Crippen molar-refractivity contribution in [2.45, 2.75) is 38.7 Å². The average molecular weight is 410 g/mol. The molecule has 154 valence electrons. The van der Waals surface area contributed by atoms with Crippen LogP contribution in [0.3, 0.4) is 0 Å². The van der Waals surface area contributed by atoms with Crippen LogP contribution in [-0.2, 0) is 10.2 Å². The Hall–Kier alpha value is -3.36. The Bertz CT molecular complexity index is 1150. The lowest BCUT2D eigenvalue weighted by atomic mass is 10.0. The zero-order valence-electron chi connectivity index (χ0n) is 16.6. The van der Waals surface area contributed by atoms with Gasteiger partial charge in [0.05, 0.1) is 17.6 Å².